The molecule has 1 N–H and O–H groups in total. The first kappa shape index (κ1) is 21.7. The number of rotatable bonds is 5. The van der Waals surface area contributed by atoms with Crippen LogP contribution in [0.1, 0.15) is 23.2 Å². The smallest absolute Gasteiger partial charge is 0.255 e. The van der Waals surface area contributed by atoms with Crippen LogP contribution in [-0.4, -0.2) is 32.2 Å². The van der Waals surface area contributed by atoms with E-state index in [0.717, 1.165) is 48.4 Å². The summed E-state index contributed by atoms with van der Waals surface area (Å²) in [7, 11) is 1.77. The maximum absolute atomic E-state index is 12.7. The third kappa shape index (κ3) is 5.21. The van der Waals surface area contributed by atoms with E-state index in [1.807, 2.05) is 48.5 Å². The fraction of sp³-hybridized carbons (Fsp3) is 0.240. The molecule has 1 aliphatic rings. The van der Waals surface area contributed by atoms with Crippen molar-refractivity contribution in [3.05, 3.63) is 82.3 Å². The van der Waals surface area contributed by atoms with Crippen LogP contribution in [0.5, 0.6) is 0 Å². The average molecular weight is 455 g/mol. The molecule has 1 heterocycles. The number of benzene rings is 3. The van der Waals surface area contributed by atoms with Crippen molar-refractivity contribution < 1.29 is 9.53 Å². The molecule has 4 nitrogen and oxygen atoms in total. The van der Waals surface area contributed by atoms with Gasteiger partial charge in [0.05, 0.1) is 16.1 Å². The van der Waals surface area contributed by atoms with Gasteiger partial charge in [-0.1, -0.05) is 41.4 Å². The van der Waals surface area contributed by atoms with Gasteiger partial charge in [-0.25, -0.2) is 0 Å². The monoisotopic (exact) mass is 454 g/mol. The van der Waals surface area contributed by atoms with Crippen molar-refractivity contribution in [2.45, 2.75) is 18.9 Å². The molecule has 31 heavy (non-hydrogen) atoms. The summed E-state index contributed by atoms with van der Waals surface area (Å²) in [6.07, 6.45) is 2.50. The maximum Gasteiger partial charge on any atom is 0.255 e. The van der Waals surface area contributed by atoms with Crippen molar-refractivity contribution in [1.82, 2.24) is 0 Å². The quantitative estimate of drug-likeness (QED) is 0.476. The number of carbonyl (C=O) groups is 1. The van der Waals surface area contributed by atoms with Gasteiger partial charge in [-0.2, -0.15) is 0 Å². The number of piperidine rings is 1. The molecule has 0 aromatic heterocycles. The summed E-state index contributed by atoms with van der Waals surface area (Å²) in [5.74, 6) is -0.147. The van der Waals surface area contributed by atoms with Gasteiger partial charge >= 0.3 is 0 Å². The highest BCUT2D eigenvalue weighted by Crippen LogP contribution is 2.29. The summed E-state index contributed by atoms with van der Waals surface area (Å²) in [6.45, 7) is 1.92. The molecule has 0 saturated carbocycles. The van der Waals surface area contributed by atoms with Gasteiger partial charge in [-0.3, -0.25) is 4.79 Å². The molecule has 1 fully saturated rings. The SMILES string of the molecule is COC1CCCN(c2ccc(NC(=O)c3ccc(-c4ccc(Cl)c(Cl)c4)cc3)cc2)C1. The molecular weight excluding hydrogens is 431 g/mol. The Morgan fingerprint density at radius 1 is 0.968 bits per heavy atom. The molecule has 160 valence electrons. The Morgan fingerprint density at radius 3 is 2.35 bits per heavy atom. The Hall–Kier alpha value is -2.53. The zero-order valence-electron chi connectivity index (χ0n) is 17.3. The van der Waals surface area contributed by atoms with Crippen LogP contribution in [0.4, 0.5) is 11.4 Å². The van der Waals surface area contributed by atoms with E-state index in [9.17, 15) is 4.79 Å². The Balaban J connectivity index is 1.40. The molecule has 3 aromatic carbocycles. The van der Waals surface area contributed by atoms with Gasteiger partial charge in [-0.15, -0.1) is 0 Å². The zero-order valence-corrected chi connectivity index (χ0v) is 18.8. The average Bonchev–Trinajstić information content (AvgIpc) is 2.81. The van der Waals surface area contributed by atoms with Gasteiger partial charge in [0.2, 0.25) is 0 Å². The van der Waals surface area contributed by atoms with Gasteiger partial charge in [0.25, 0.3) is 5.91 Å². The largest absolute Gasteiger partial charge is 0.380 e. The van der Waals surface area contributed by atoms with Crippen molar-refractivity contribution in [3.8, 4) is 11.1 Å². The second kappa shape index (κ2) is 9.73. The highest BCUT2D eigenvalue weighted by Gasteiger charge is 2.19. The van der Waals surface area contributed by atoms with Crippen LogP contribution >= 0.6 is 23.2 Å². The molecule has 4 rings (SSSR count). The highest BCUT2D eigenvalue weighted by atomic mass is 35.5. The van der Waals surface area contributed by atoms with Crippen molar-refractivity contribution in [2.24, 2.45) is 0 Å². The first-order valence-corrected chi connectivity index (χ1v) is 11.0. The lowest BCUT2D eigenvalue weighted by atomic mass is 10.0. The fourth-order valence-corrected chi connectivity index (χ4v) is 4.11. The third-order valence-electron chi connectivity index (χ3n) is 5.60. The number of carbonyl (C=O) groups excluding carboxylic acids is 1. The van der Waals surface area contributed by atoms with E-state index in [0.29, 0.717) is 15.6 Å². The zero-order chi connectivity index (χ0) is 21.8. The lowest BCUT2D eigenvalue weighted by molar-refractivity contribution is 0.0893. The van der Waals surface area contributed by atoms with Crippen LogP contribution in [0.25, 0.3) is 11.1 Å². The van der Waals surface area contributed by atoms with Crippen molar-refractivity contribution in [2.75, 3.05) is 30.4 Å². The number of halogens is 2. The number of nitrogens with one attached hydrogen (secondary N) is 1. The van der Waals surface area contributed by atoms with Gasteiger partial charge < -0.3 is 15.0 Å². The summed E-state index contributed by atoms with van der Waals surface area (Å²) >= 11 is 12.1. The molecule has 1 atom stereocenters. The normalized spacial score (nSPS) is 16.2. The van der Waals surface area contributed by atoms with Crippen LogP contribution in [0, 0.1) is 0 Å². The summed E-state index contributed by atoms with van der Waals surface area (Å²) in [5, 5.41) is 3.99. The number of methoxy groups -OCH3 is 1. The second-order valence-corrected chi connectivity index (χ2v) is 8.47. The lowest BCUT2D eigenvalue weighted by Gasteiger charge is -2.33. The minimum atomic E-state index is -0.147. The first-order chi connectivity index (χ1) is 15.0. The lowest BCUT2D eigenvalue weighted by Crippen LogP contribution is -2.39. The van der Waals surface area contributed by atoms with E-state index >= 15 is 0 Å². The van der Waals surface area contributed by atoms with Crippen molar-refractivity contribution in [3.63, 3.8) is 0 Å². The number of nitrogens with zero attached hydrogens (tertiary/aromatic N) is 1. The number of anilines is 2. The molecule has 0 aliphatic carbocycles. The molecule has 0 bridgehead atoms. The molecule has 0 radical (unpaired) electrons. The summed E-state index contributed by atoms with van der Waals surface area (Å²) in [4.78, 5) is 15.0. The van der Waals surface area contributed by atoms with Gasteiger partial charge in [0.15, 0.2) is 0 Å². The van der Waals surface area contributed by atoms with E-state index in [1.54, 1.807) is 25.3 Å². The van der Waals surface area contributed by atoms with Crippen LogP contribution in [-0.2, 0) is 4.74 Å². The standard InChI is InChI=1S/C25H24Cl2N2O2/c1-31-22-3-2-14-29(16-22)21-11-9-20(10-12-21)28-25(30)18-6-4-17(5-7-18)19-8-13-23(26)24(27)15-19/h4-13,15,22H,2-3,14,16H2,1H3,(H,28,30). The third-order valence-corrected chi connectivity index (χ3v) is 6.34. The van der Waals surface area contributed by atoms with E-state index in [4.69, 9.17) is 27.9 Å². The van der Waals surface area contributed by atoms with Crippen molar-refractivity contribution >= 4 is 40.5 Å². The number of amides is 1. The Kier molecular flexibility index (Phi) is 6.81. The van der Waals surface area contributed by atoms with Gasteiger partial charge in [-0.05, 0) is 72.5 Å². The Bertz CT molecular complexity index is 1050. The minimum absolute atomic E-state index is 0.147. The van der Waals surface area contributed by atoms with E-state index in [-0.39, 0.29) is 12.0 Å². The summed E-state index contributed by atoms with van der Waals surface area (Å²) in [6, 6.07) is 20.9. The molecule has 1 unspecified atom stereocenters. The van der Waals surface area contributed by atoms with E-state index in [2.05, 4.69) is 10.2 Å². The first-order valence-electron chi connectivity index (χ1n) is 10.3. The molecule has 0 spiro atoms. The summed E-state index contributed by atoms with van der Waals surface area (Å²) in [5.41, 5.74) is 4.42. The van der Waals surface area contributed by atoms with Crippen molar-refractivity contribution in [1.29, 1.82) is 0 Å². The number of hydrogen-bond donors (Lipinski definition) is 1. The van der Waals surface area contributed by atoms with Gasteiger partial charge in [0, 0.05) is 37.1 Å². The second-order valence-electron chi connectivity index (χ2n) is 7.65. The van der Waals surface area contributed by atoms with Crippen LogP contribution in [0.15, 0.2) is 66.7 Å². The molecule has 3 aromatic rings. The predicted molar refractivity (Wildman–Crippen MR) is 129 cm³/mol. The van der Waals surface area contributed by atoms with Crippen LogP contribution in [0.2, 0.25) is 10.0 Å². The van der Waals surface area contributed by atoms with Gasteiger partial charge in [0.1, 0.15) is 0 Å². The molecule has 1 aliphatic heterocycles. The molecular formula is C25H24Cl2N2O2. The van der Waals surface area contributed by atoms with Crippen LogP contribution < -0.4 is 10.2 Å². The molecule has 1 amide bonds. The summed E-state index contributed by atoms with van der Waals surface area (Å²) < 4.78 is 5.50. The Morgan fingerprint density at radius 2 is 1.68 bits per heavy atom. The Labute approximate surface area is 192 Å². The number of ether oxygens (including phenoxy) is 1. The fourth-order valence-electron chi connectivity index (χ4n) is 3.81. The van der Waals surface area contributed by atoms with E-state index < -0.39 is 0 Å². The topological polar surface area (TPSA) is 41.6 Å². The molecule has 6 heteroatoms. The molecule has 1 saturated heterocycles. The highest BCUT2D eigenvalue weighted by molar-refractivity contribution is 6.42. The number of hydrogen-bond acceptors (Lipinski definition) is 3. The minimum Gasteiger partial charge on any atom is -0.380 e. The predicted octanol–water partition coefficient (Wildman–Crippen LogP) is 6.53. The maximum atomic E-state index is 12.7. The van der Waals surface area contributed by atoms with E-state index in [1.165, 1.54) is 0 Å². The van der Waals surface area contributed by atoms with Crippen LogP contribution in [0.3, 0.4) is 0 Å².